The first kappa shape index (κ1) is 29.1. The monoisotopic (exact) mass is 418 g/mol. The van der Waals surface area contributed by atoms with Crippen LogP contribution in [-0.4, -0.2) is 46.3 Å². The van der Waals surface area contributed by atoms with Crippen molar-refractivity contribution in [3.63, 3.8) is 0 Å². The van der Waals surface area contributed by atoms with Crippen LogP contribution in [0.2, 0.25) is 0 Å². The number of carboxylic acid groups (broad SMARTS) is 3. The van der Waals surface area contributed by atoms with Gasteiger partial charge in [0.1, 0.15) is 0 Å². The summed E-state index contributed by atoms with van der Waals surface area (Å²) in [7, 11) is 1.40. The standard InChI is InChI=1S/C11H20O4.C10H18O4/c1-15-11(14)9-7-5-3-2-4-6-8-10(12)13;11-9(12)7-5-3-1-2-4-6-8-10(13)14/h2-9H2,1H3,(H,12,13);1-8H2,(H,11,12)(H,13,14). The first-order chi connectivity index (χ1) is 13.8. The fourth-order valence-electron chi connectivity index (χ4n) is 2.61. The molecule has 0 saturated heterocycles. The topological polar surface area (TPSA) is 138 Å². The van der Waals surface area contributed by atoms with Crippen molar-refractivity contribution in [2.24, 2.45) is 0 Å². The molecule has 0 unspecified atom stereocenters. The van der Waals surface area contributed by atoms with Gasteiger partial charge in [0.05, 0.1) is 7.11 Å². The molecule has 0 aromatic carbocycles. The van der Waals surface area contributed by atoms with Gasteiger partial charge in [-0.15, -0.1) is 0 Å². The van der Waals surface area contributed by atoms with Gasteiger partial charge in [0, 0.05) is 25.7 Å². The van der Waals surface area contributed by atoms with E-state index in [1.807, 2.05) is 0 Å². The van der Waals surface area contributed by atoms with Crippen molar-refractivity contribution in [1.29, 1.82) is 0 Å². The molecule has 0 aliphatic carbocycles. The van der Waals surface area contributed by atoms with Crippen LogP contribution in [0.25, 0.3) is 0 Å². The number of carbonyl (C=O) groups excluding carboxylic acids is 1. The van der Waals surface area contributed by atoms with Crippen LogP contribution >= 0.6 is 0 Å². The molecule has 0 radical (unpaired) electrons. The minimum Gasteiger partial charge on any atom is -0.481 e. The Morgan fingerprint density at radius 1 is 0.483 bits per heavy atom. The molecule has 170 valence electrons. The second-order valence-electron chi connectivity index (χ2n) is 7.00. The number of hydrogen-bond acceptors (Lipinski definition) is 5. The summed E-state index contributed by atoms with van der Waals surface area (Å²) in [4.78, 5) is 41.2. The quantitative estimate of drug-likeness (QED) is 0.216. The van der Waals surface area contributed by atoms with Gasteiger partial charge in [-0.1, -0.05) is 51.4 Å². The molecule has 8 nitrogen and oxygen atoms in total. The van der Waals surface area contributed by atoms with E-state index in [1.165, 1.54) is 7.11 Å². The van der Waals surface area contributed by atoms with E-state index in [0.717, 1.165) is 77.0 Å². The van der Waals surface area contributed by atoms with Crippen LogP contribution in [-0.2, 0) is 23.9 Å². The van der Waals surface area contributed by atoms with Crippen LogP contribution in [0.3, 0.4) is 0 Å². The molecule has 0 bridgehead atoms. The highest BCUT2D eigenvalue weighted by Crippen LogP contribution is 2.09. The van der Waals surface area contributed by atoms with Gasteiger partial charge in [0.25, 0.3) is 0 Å². The molecule has 0 fully saturated rings. The number of ether oxygens (including phenoxy) is 1. The van der Waals surface area contributed by atoms with Gasteiger partial charge in [-0.2, -0.15) is 0 Å². The summed E-state index contributed by atoms with van der Waals surface area (Å²) in [6.45, 7) is 0. The molecule has 29 heavy (non-hydrogen) atoms. The van der Waals surface area contributed by atoms with Crippen molar-refractivity contribution in [3.8, 4) is 0 Å². The zero-order valence-electron chi connectivity index (χ0n) is 17.7. The average molecular weight is 419 g/mol. The number of carboxylic acids is 3. The largest absolute Gasteiger partial charge is 0.481 e. The molecule has 0 saturated carbocycles. The molecule has 0 rings (SSSR count). The van der Waals surface area contributed by atoms with E-state index in [2.05, 4.69) is 4.74 Å². The summed E-state index contributed by atoms with van der Waals surface area (Å²) in [5.74, 6) is -2.35. The van der Waals surface area contributed by atoms with Crippen LogP contribution in [0.5, 0.6) is 0 Å². The summed E-state index contributed by atoms with van der Waals surface area (Å²) in [6.07, 6.45) is 12.3. The number of aliphatic carboxylic acids is 3. The molecule has 3 N–H and O–H groups in total. The molecule has 0 aliphatic rings. The fraction of sp³-hybridized carbons (Fsp3) is 0.810. The van der Waals surface area contributed by atoms with Crippen molar-refractivity contribution in [3.05, 3.63) is 0 Å². The minimum atomic E-state index is -0.740. The number of unbranched alkanes of at least 4 members (excludes halogenated alkanes) is 10. The summed E-state index contributed by atoms with van der Waals surface area (Å²) in [5, 5.41) is 25.1. The third kappa shape index (κ3) is 30.8. The number of carbonyl (C=O) groups is 4. The Morgan fingerprint density at radius 2 is 0.724 bits per heavy atom. The van der Waals surface area contributed by atoms with Gasteiger partial charge in [-0.05, 0) is 25.7 Å². The number of rotatable bonds is 18. The van der Waals surface area contributed by atoms with E-state index in [1.54, 1.807) is 0 Å². The van der Waals surface area contributed by atoms with Crippen molar-refractivity contribution in [1.82, 2.24) is 0 Å². The maximum Gasteiger partial charge on any atom is 0.305 e. The van der Waals surface area contributed by atoms with Crippen molar-refractivity contribution in [2.75, 3.05) is 7.11 Å². The molecule has 0 amide bonds. The summed E-state index contributed by atoms with van der Waals surface area (Å²) in [5.41, 5.74) is 0. The smallest absolute Gasteiger partial charge is 0.305 e. The summed E-state index contributed by atoms with van der Waals surface area (Å²) in [6, 6.07) is 0. The second-order valence-corrected chi connectivity index (χ2v) is 7.00. The van der Waals surface area contributed by atoms with Crippen LogP contribution < -0.4 is 0 Å². The van der Waals surface area contributed by atoms with Crippen LogP contribution in [0.15, 0.2) is 0 Å². The normalized spacial score (nSPS) is 9.97. The van der Waals surface area contributed by atoms with E-state index >= 15 is 0 Å². The Kier molecular flexibility index (Phi) is 22.2. The Labute approximate surface area is 173 Å². The lowest BCUT2D eigenvalue weighted by molar-refractivity contribution is -0.141. The van der Waals surface area contributed by atoms with E-state index < -0.39 is 17.9 Å². The van der Waals surface area contributed by atoms with Gasteiger partial charge in [-0.3, -0.25) is 19.2 Å². The SMILES string of the molecule is COC(=O)CCCCCCCCC(=O)O.O=C(O)CCCCCCCCC(=O)O. The predicted molar refractivity (Wildman–Crippen MR) is 109 cm³/mol. The molecule has 0 aromatic heterocycles. The van der Waals surface area contributed by atoms with Gasteiger partial charge < -0.3 is 20.1 Å². The molecule has 8 heteroatoms. The Morgan fingerprint density at radius 3 is 0.966 bits per heavy atom. The molecular formula is C21H38O8. The highest BCUT2D eigenvalue weighted by molar-refractivity contribution is 5.69. The Balaban J connectivity index is 0. The van der Waals surface area contributed by atoms with Gasteiger partial charge in [-0.25, -0.2) is 0 Å². The predicted octanol–water partition coefficient (Wildman–Crippen LogP) is 4.64. The molecular weight excluding hydrogens is 380 g/mol. The van der Waals surface area contributed by atoms with Gasteiger partial charge in [0.2, 0.25) is 0 Å². The number of hydrogen-bond donors (Lipinski definition) is 3. The first-order valence-electron chi connectivity index (χ1n) is 10.5. The highest BCUT2D eigenvalue weighted by Gasteiger charge is 2.00. The minimum absolute atomic E-state index is 0.152. The number of esters is 1. The van der Waals surface area contributed by atoms with Crippen molar-refractivity contribution >= 4 is 23.9 Å². The fourth-order valence-corrected chi connectivity index (χ4v) is 2.61. The van der Waals surface area contributed by atoms with E-state index in [9.17, 15) is 19.2 Å². The second kappa shape index (κ2) is 22.2. The van der Waals surface area contributed by atoms with E-state index in [4.69, 9.17) is 15.3 Å². The maximum atomic E-state index is 10.7. The lowest BCUT2D eigenvalue weighted by Gasteiger charge is -2.00. The zero-order valence-corrected chi connectivity index (χ0v) is 17.7. The zero-order chi connectivity index (χ0) is 22.3. The van der Waals surface area contributed by atoms with Crippen molar-refractivity contribution in [2.45, 2.75) is 103 Å². The third-order valence-corrected chi connectivity index (χ3v) is 4.28. The average Bonchev–Trinajstić information content (AvgIpc) is 2.65. The van der Waals surface area contributed by atoms with E-state index in [-0.39, 0.29) is 25.2 Å². The lowest BCUT2D eigenvalue weighted by atomic mass is 10.1. The molecule has 0 heterocycles. The maximum absolute atomic E-state index is 10.7. The first-order valence-corrected chi connectivity index (χ1v) is 10.5. The van der Waals surface area contributed by atoms with Crippen LogP contribution in [0.1, 0.15) is 103 Å². The van der Waals surface area contributed by atoms with Gasteiger partial charge in [0.15, 0.2) is 0 Å². The summed E-state index contributed by atoms with van der Waals surface area (Å²) < 4.78 is 4.52. The Hall–Kier alpha value is -2.12. The number of methoxy groups -OCH3 is 1. The lowest BCUT2D eigenvalue weighted by Crippen LogP contribution is -1.99. The van der Waals surface area contributed by atoms with Gasteiger partial charge >= 0.3 is 23.9 Å². The highest BCUT2D eigenvalue weighted by atomic mass is 16.5. The molecule has 0 aromatic rings. The summed E-state index contributed by atoms with van der Waals surface area (Å²) >= 11 is 0. The Bertz CT molecular complexity index is 428. The van der Waals surface area contributed by atoms with Crippen LogP contribution in [0.4, 0.5) is 0 Å². The molecule has 0 atom stereocenters. The van der Waals surface area contributed by atoms with E-state index in [0.29, 0.717) is 6.42 Å². The molecule has 0 spiro atoms. The van der Waals surface area contributed by atoms with Crippen LogP contribution in [0, 0.1) is 0 Å². The molecule has 0 aliphatic heterocycles. The van der Waals surface area contributed by atoms with Crippen molar-refractivity contribution < 1.29 is 39.2 Å². The third-order valence-electron chi connectivity index (χ3n) is 4.28.